The predicted molar refractivity (Wildman–Crippen MR) is 155 cm³/mol. The van der Waals surface area contributed by atoms with E-state index in [-0.39, 0.29) is 23.7 Å². The second kappa shape index (κ2) is 16.3. The third-order valence-corrected chi connectivity index (χ3v) is 7.29. The quantitative estimate of drug-likeness (QED) is 0.262. The molecule has 2 aromatic heterocycles. The van der Waals surface area contributed by atoms with Crippen molar-refractivity contribution in [2.45, 2.75) is 104 Å². The molecule has 0 spiro atoms. The highest BCUT2D eigenvalue weighted by Crippen LogP contribution is 2.26. The van der Waals surface area contributed by atoms with Gasteiger partial charge in [0.2, 0.25) is 5.91 Å². The van der Waals surface area contributed by atoms with E-state index in [9.17, 15) is 9.59 Å². The summed E-state index contributed by atoms with van der Waals surface area (Å²) in [6.45, 7) is 9.93. The van der Waals surface area contributed by atoms with Crippen LogP contribution >= 0.6 is 0 Å². The molecule has 8 heteroatoms. The summed E-state index contributed by atoms with van der Waals surface area (Å²) in [5, 5.41) is 6.67. The van der Waals surface area contributed by atoms with E-state index >= 15 is 0 Å². The van der Waals surface area contributed by atoms with Gasteiger partial charge in [-0.1, -0.05) is 26.3 Å². The summed E-state index contributed by atoms with van der Waals surface area (Å²) in [6.07, 6.45) is 11.9. The van der Waals surface area contributed by atoms with Crippen LogP contribution in [0.25, 0.3) is 0 Å². The minimum Gasteiger partial charge on any atom is -0.381 e. The van der Waals surface area contributed by atoms with Gasteiger partial charge in [0.1, 0.15) is 17.4 Å². The maximum Gasteiger partial charge on any atom is 0.222 e. The van der Waals surface area contributed by atoms with Crippen LogP contribution in [-0.4, -0.2) is 52.4 Å². The topological polar surface area (TPSA) is 106 Å². The Balaban J connectivity index is 1.57. The summed E-state index contributed by atoms with van der Waals surface area (Å²) in [7, 11) is 0. The third kappa shape index (κ3) is 11.4. The summed E-state index contributed by atoms with van der Waals surface area (Å²) < 4.78 is 5.66. The van der Waals surface area contributed by atoms with E-state index in [1.807, 2.05) is 19.3 Å². The molecule has 39 heavy (non-hydrogen) atoms. The van der Waals surface area contributed by atoms with Crippen LogP contribution in [0.15, 0.2) is 24.5 Å². The van der Waals surface area contributed by atoms with Crippen LogP contribution < -0.4 is 10.6 Å². The van der Waals surface area contributed by atoms with Gasteiger partial charge >= 0.3 is 0 Å². The molecule has 0 saturated heterocycles. The molecule has 3 heterocycles. The van der Waals surface area contributed by atoms with Gasteiger partial charge in [-0.3, -0.25) is 4.79 Å². The van der Waals surface area contributed by atoms with Crippen molar-refractivity contribution in [3.05, 3.63) is 47.2 Å². The van der Waals surface area contributed by atoms with Gasteiger partial charge < -0.3 is 20.2 Å². The lowest BCUT2D eigenvalue weighted by molar-refractivity contribution is -0.123. The number of Topliss-reactive ketones (excluding diaryl/α,β-unsaturated/α-hetero) is 1. The second-order valence-corrected chi connectivity index (χ2v) is 11.3. The van der Waals surface area contributed by atoms with Crippen molar-refractivity contribution in [1.82, 2.24) is 20.3 Å². The number of ether oxygens (including phenoxy) is 1. The van der Waals surface area contributed by atoms with E-state index in [1.54, 1.807) is 6.92 Å². The summed E-state index contributed by atoms with van der Waals surface area (Å²) >= 11 is 0. The Labute approximate surface area is 234 Å². The lowest BCUT2D eigenvalue weighted by atomic mass is 9.89. The minimum absolute atomic E-state index is 0.0248. The summed E-state index contributed by atoms with van der Waals surface area (Å²) in [5.41, 5.74) is 3.33. The van der Waals surface area contributed by atoms with Crippen molar-refractivity contribution >= 4 is 17.5 Å². The van der Waals surface area contributed by atoms with Gasteiger partial charge in [0.25, 0.3) is 0 Å². The van der Waals surface area contributed by atoms with E-state index in [2.05, 4.69) is 46.6 Å². The van der Waals surface area contributed by atoms with Crippen molar-refractivity contribution in [3.63, 3.8) is 0 Å². The third-order valence-electron chi connectivity index (χ3n) is 7.29. The van der Waals surface area contributed by atoms with Gasteiger partial charge in [-0.25, -0.2) is 15.0 Å². The van der Waals surface area contributed by atoms with Gasteiger partial charge in [-0.2, -0.15) is 0 Å². The molecule has 0 fully saturated rings. The molecule has 1 aliphatic rings. The predicted octanol–water partition coefficient (Wildman–Crippen LogP) is 5.34. The van der Waals surface area contributed by atoms with Crippen molar-refractivity contribution in [1.29, 1.82) is 0 Å². The molecule has 1 amide bonds. The molecule has 2 aromatic rings. The average Bonchev–Trinajstić information content (AvgIpc) is 2.90. The van der Waals surface area contributed by atoms with Crippen molar-refractivity contribution < 1.29 is 14.3 Å². The standard InChI is InChI=1S/C31H47N5O3/c1-22(2)14-17-39-18-15-30(38)35-28(12-13-29-11-10-25-8-6-16-32-31(25)36-29)9-5-7-26(19-23(3)37)27-20-33-24(4)34-21-27/h10-11,20-22,26,28H,5-9,12-19H2,1-4H3,(H,32,36)(H,35,38)/t26-,28?/m1/s1. The number of rotatable bonds is 17. The Morgan fingerprint density at radius 3 is 2.62 bits per heavy atom. The number of anilines is 1. The lowest BCUT2D eigenvalue weighted by Crippen LogP contribution is -2.36. The first-order chi connectivity index (χ1) is 18.8. The number of carbonyl (C=O) groups excluding carboxylic acids is 2. The van der Waals surface area contributed by atoms with E-state index in [0.29, 0.717) is 32.0 Å². The monoisotopic (exact) mass is 537 g/mol. The van der Waals surface area contributed by atoms with Crippen LogP contribution in [0.4, 0.5) is 5.82 Å². The smallest absolute Gasteiger partial charge is 0.222 e. The minimum atomic E-state index is 0.0248. The fraction of sp³-hybridized carbons (Fsp3) is 0.645. The zero-order chi connectivity index (χ0) is 28.0. The van der Waals surface area contributed by atoms with Crippen molar-refractivity contribution in [2.75, 3.05) is 25.1 Å². The summed E-state index contributed by atoms with van der Waals surface area (Å²) in [6, 6.07) is 4.33. The largest absolute Gasteiger partial charge is 0.381 e. The number of carbonyl (C=O) groups is 2. The van der Waals surface area contributed by atoms with Crippen molar-refractivity contribution in [3.8, 4) is 0 Å². The van der Waals surface area contributed by atoms with Crippen LogP contribution in [0, 0.1) is 12.8 Å². The van der Waals surface area contributed by atoms with E-state index < -0.39 is 0 Å². The Bertz CT molecular complexity index is 1040. The van der Waals surface area contributed by atoms with Crippen LogP contribution in [0.1, 0.15) is 101 Å². The zero-order valence-electron chi connectivity index (χ0n) is 24.3. The van der Waals surface area contributed by atoms with E-state index in [1.165, 1.54) is 5.56 Å². The van der Waals surface area contributed by atoms with Gasteiger partial charge in [0, 0.05) is 50.1 Å². The first kappa shape index (κ1) is 30.7. The Morgan fingerprint density at radius 2 is 1.87 bits per heavy atom. The lowest BCUT2D eigenvalue weighted by Gasteiger charge is -2.22. The van der Waals surface area contributed by atoms with Crippen LogP contribution in [0.3, 0.4) is 0 Å². The number of nitrogens with zero attached hydrogens (tertiary/aromatic N) is 3. The van der Waals surface area contributed by atoms with Crippen LogP contribution in [0.5, 0.6) is 0 Å². The van der Waals surface area contributed by atoms with Crippen LogP contribution in [0.2, 0.25) is 0 Å². The highest BCUT2D eigenvalue weighted by Gasteiger charge is 2.19. The van der Waals surface area contributed by atoms with E-state index in [4.69, 9.17) is 9.72 Å². The molecule has 0 aromatic carbocycles. The molecule has 214 valence electrons. The number of ketones is 1. The Hall–Kier alpha value is -2.87. The van der Waals surface area contributed by atoms with E-state index in [0.717, 1.165) is 80.8 Å². The summed E-state index contributed by atoms with van der Waals surface area (Å²) in [4.78, 5) is 38.2. The number of hydrogen-bond acceptors (Lipinski definition) is 7. The number of hydrogen-bond donors (Lipinski definition) is 2. The fourth-order valence-electron chi connectivity index (χ4n) is 4.96. The molecular formula is C31H47N5O3. The Kier molecular flexibility index (Phi) is 12.8. The number of aromatic nitrogens is 3. The molecular weight excluding hydrogens is 490 g/mol. The van der Waals surface area contributed by atoms with Gasteiger partial charge in [0.05, 0.1) is 6.61 Å². The number of aryl methyl sites for hydroxylation is 3. The molecule has 8 nitrogen and oxygen atoms in total. The normalized spacial score (nSPS) is 14.4. The molecule has 0 saturated carbocycles. The Morgan fingerprint density at radius 1 is 1.08 bits per heavy atom. The summed E-state index contributed by atoms with van der Waals surface area (Å²) in [5.74, 6) is 2.59. The molecule has 3 rings (SSSR count). The zero-order valence-corrected chi connectivity index (χ0v) is 24.3. The van der Waals surface area contributed by atoms with Gasteiger partial charge in [0.15, 0.2) is 0 Å². The number of pyridine rings is 1. The molecule has 2 N–H and O–H groups in total. The highest BCUT2D eigenvalue weighted by molar-refractivity contribution is 5.76. The average molecular weight is 538 g/mol. The molecule has 0 radical (unpaired) electrons. The SMILES string of the molecule is CC(=O)C[C@@H](CCCC(CCc1ccc2c(n1)NCCC2)NC(=O)CCOCCC(C)C)c1cnc(C)nc1. The van der Waals surface area contributed by atoms with Crippen molar-refractivity contribution in [2.24, 2.45) is 5.92 Å². The van der Waals surface area contributed by atoms with Crippen LogP contribution in [-0.2, 0) is 27.2 Å². The second-order valence-electron chi connectivity index (χ2n) is 11.3. The first-order valence-electron chi connectivity index (χ1n) is 14.7. The molecule has 1 unspecified atom stereocenters. The number of nitrogens with one attached hydrogen (secondary N) is 2. The fourth-order valence-corrected chi connectivity index (χ4v) is 4.96. The number of amides is 1. The van der Waals surface area contributed by atoms with Gasteiger partial charge in [-0.15, -0.1) is 0 Å². The number of fused-ring (bicyclic) bond motifs is 1. The van der Waals surface area contributed by atoms with Gasteiger partial charge in [-0.05, 0) is 87.8 Å². The first-order valence-corrected chi connectivity index (χ1v) is 14.7. The maximum atomic E-state index is 12.8. The molecule has 0 aliphatic carbocycles. The molecule has 0 bridgehead atoms. The highest BCUT2D eigenvalue weighted by atomic mass is 16.5. The molecule has 2 atom stereocenters. The molecule has 1 aliphatic heterocycles. The maximum absolute atomic E-state index is 12.8.